The predicted octanol–water partition coefficient (Wildman–Crippen LogP) is 5.34. The highest BCUT2D eigenvalue weighted by Crippen LogP contribution is 2.20. The number of para-hydroxylation sites is 1. The third kappa shape index (κ3) is 5.58. The highest BCUT2D eigenvalue weighted by atomic mass is 35.5. The lowest BCUT2D eigenvalue weighted by molar-refractivity contribution is 0.0950. The first kappa shape index (κ1) is 19.0. The van der Waals surface area contributed by atoms with Crippen molar-refractivity contribution in [1.82, 2.24) is 5.43 Å². The van der Waals surface area contributed by atoms with Gasteiger partial charge in [-0.1, -0.05) is 59.6 Å². The van der Waals surface area contributed by atoms with Crippen molar-refractivity contribution in [1.29, 1.82) is 0 Å². The van der Waals surface area contributed by atoms with Crippen LogP contribution in [0.2, 0.25) is 10.0 Å². The van der Waals surface area contributed by atoms with Gasteiger partial charge in [-0.2, -0.15) is 5.10 Å². The quantitative estimate of drug-likeness (QED) is 0.450. The number of ether oxygens (including phenoxy) is 1. The maximum absolute atomic E-state index is 12.4. The Morgan fingerprint density at radius 1 is 0.963 bits per heavy atom. The maximum Gasteiger partial charge on any atom is 0.275 e. The fourth-order valence-corrected chi connectivity index (χ4v) is 2.66. The van der Waals surface area contributed by atoms with Crippen molar-refractivity contribution in [2.45, 2.75) is 6.61 Å². The van der Waals surface area contributed by atoms with Gasteiger partial charge in [-0.3, -0.25) is 4.79 Å². The Morgan fingerprint density at radius 3 is 2.52 bits per heavy atom. The van der Waals surface area contributed by atoms with Crippen LogP contribution in [0.15, 0.2) is 77.9 Å². The standard InChI is InChI=1S/C21H16Cl2N2O2/c22-17-10-8-15(9-11-17)14-27-20-7-2-1-6-19(20)21(26)25-24-13-16-4-3-5-18(23)12-16/h1-13H,14H2,(H,25,26)/b24-13-. The second kappa shape index (κ2) is 9.21. The van der Waals surface area contributed by atoms with E-state index in [2.05, 4.69) is 10.5 Å². The fourth-order valence-electron chi connectivity index (χ4n) is 2.33. The first-order valence-corrected chi connectivity index (χ1v) is 8.92. The molecular weight excluding hydrogens is 383 g/mol. The molecule has 136 valence electrons. The summed E-state index contributed by atoms with van der Waals surface area (Å²) in [6.45, 7) is 0.327. The molecular formula is C21H16Cl2N2O2. The molecule has 0 aliphatic rings. The summed E-state index contributed by atoms with van der Waals surface area (Å²) in [7, 11) is 0. The molecule has 6 heteroatoms. The number of nitrogens with zero attached hydrogens (tertiary/aromatic N) is 1. The van der Waals surface area contributed by atoms with E-state index in [4.69, 9.17) is 27.9 Å². The van der Waals surface area contributed by atoms with Crippen molar-refractivity contribution in [2.75, 3.05) is 0 Å². The Kier molecular flexibility index (Phi) is 6.47. The predicted molar refractivity (Wildman–Crippen MR) is 109 cm³/mol. The van der Waals surface area contributed by atoms with E-state index >= 15 is 0 Å². The smallest absolute Gasteiger partial charge is 0.275 e. The fraction of sp³-hybridized carbons (Fsp3) is 0.0476. The summed E-state index contributed by atoms with van der Waals surface area (Å²) in [5.74, 6) is 0.114. The zero-order valence-electron chi connectivity index (χ0n) is 14.2. The molecule has 0 spiro atoms. The molecule has 4 nitrogen and oxygen atoms in total. The van der Waals surface area contributed by atoms with E-state index < -0.39 is 0 Å². The van der Waals surface area contributed by atoms with Crippen molar-refractivity contribution in [3.8, 4) is 5.75 Å². The maximum atomic E-state index is 12.4. The summed E-state index contributed by atoms with van der Waals surface area (Å²) in [6.07, 6.45) is 1.53. The van der Waals surface area contributed by atoms with Crippen LogP contribution in [0.5, 0.6) is 5.75 Å². The van der Waals surface area contributed by atoms with Gasteiger partial charge in [0.05, 0.1) is 11.8 Å². The van der Waals surface area contributed by atoms with E-state index in [0.717, 1.165) is 11.1 Å². The topological polar surface area (TPSA) is 50.7 Å². The van der Waals surface area contributed by atoms with Crippen LogP contribution in [0, 0.1) is 0 Å². The number of hydrogen-bond donors (Lipinski definition) is 1. The lowest BCUT2D eigenvalue weighted by Crippen LogP contribution is -2.18. The van der Waals surface area contributed by atoms with Crippen LogP contribution in [0.3, 0.4) is 0 Å². The molecule has 3 aromatic rings. The van der Waals surface area contributed by atoms with Crippen molar-refractivity contribution >= 4 is 35.3 Å². The van der Waals surface area contributed by atoms with Crippen molar-refractivity contribution in [3.63, 3.8) is 0 Å². The van der Waals surface area contributed by atoms with E-state index in [-0.39, 0.29) is 5.91 Å². The molecule has 0 aliphatic heterocycles. The number of hydrazone groups is 1. The van der Waals surface area contributed by atoms with Gasteiger partial charge in [0.2, 0.25) is 0 Å². The van der Waals surface area contributed by atoms with Crippen LogP contribution < -0.4 is 10.2 Å². The molecule has 0 bridgehead atoms. The molecule has 0 atom stereocenters. The van der Waals surface area contributed by atoms with Gasteiger partial charge in [0.25, 0.3) is 5.91 Å². The SMILES string of the molecule is O=C(N/N=C\c1cccc(Cl)c1)c1ccccc1OCc1ccc(Cl)cc1. The number of nitrogens with one attached hydrogen (secondary N) is 1. The van der Waals surface area contributed by atoms with Gasteiger partial charge in [-0.15, -0.1) is 0 Å². The van der Waals surface area contributed by atoms with Gasteiger partial charge in [-0.25, -0.2) is 5.43 Å². The summed E-state index contributed by atoms with van der Waals surface area (Å²) in [5, 5.41) is 5.24. The van der Waals surface area contributed by atoms with Crippen LogP contribution in [0.4, 0.5) is 0 Å². The second-order valence-corrected chi connectivity index (χ2v) is 6.54. The number of benzene rings is 3. The number of halogens is 2. The summed E-state index contributed by atoms with van der Waals surface area (Å²) in [4.78, 5) is 12.4. The van der Waals surface area contributed by atoms with Gasteiger partial charge in [0.15, 0.2) is 0 Å². The molecule has 1 amide bonds. The lowest BCUT2D eigenvalue weighted by atomic mass is 10.2. The van der Waals surface area contributed by atoms with E-state index in [1.165, 1.54) is 6.21 Å². The van der Waals surface area contributed by atoms with E-state index in [1.807, 2.05) is 30.3 Å². The van der Waals surface area contributed by atoms with Crippen molar-refractivity contribution < 1.29 is 9.53 Å². The normalized spacial score (nSPS) is 10.7. The lowest BCUT2D eigenvalue weighted by Gasteiger charge is -2.10. The van der Waals surface area contributed by atoms with Crippen molar-refractivity contribution in [3.05, 3.63) is 99.5 Å². The molecule has 3 rings (SSSR count). The summed E-state index contributed by atoms with van der Waals surface area (Å²) in [5.41, 5.74) is 4.64. The Labute approximate surface area is 167 Å². The molecule has 0 aliphatic carbocycles. The van der Waals surface area contributed by atoms with Crippen molar-refractivity contribution in [2.24, 2.45) is 5.10 Å². The Hall–Kier alpha value is -2.82. The third-order valence-electron chi connectivity index (χ3n) is 3.67. The van der Waals surface area contributed by atoms with Crippen LogP contribution >= 0.6 is 23.2 Å². The zero-order valence-corrected chi connectivity index (χ0v) is 15.7. The highest BCUT2D eigenvalue weighted by molar-refractivity contribution is 6.31. The molecule has 0 saturated heterocycles. The average molecular weight is 399 g/mol. The van der Waals surface area contributed by atoms with Crippen LogP contribution in [0.25, 0.3) is 0 Å². The molecule has 0 saturated carbocycles. The van der Waals surface area contributed by atoms with E-state index in [0.29, 0.717) is 28.0 Å². The zero-order chi connectivity index (χ0) is 19.1. The first-order chi connectivity index (χ1) is 13.1. The van der Waals surface area contributed by atoms with Crippen LogP contribution in [-0.4, -0.2) is 12.1 Å². The monoisotopic (exact) mass is 398 g/mol. The summed E-state index contributed by atoms with van der Waals surface area (Å²) in [6, 6.07) is 21.5. The minimum absolute atomic E-state index is 0.327. The van der Waals surface area contributed by atoms with Crippen LogP contribution in [-0.2, 0) is 6.61 Å². The molecule has 0 heterocycles. The molecule has 1 N–H and O–H groups in total. The molecule has 0 aromatic heterocycles. The summed E-state index contributed by atoms with van der Waals surface area (Å²) >= 11 is 11.8. The largest absolute Gasteiger partial charge is 0.488 e. The number of hydrogen-bond acceptors (Lipinski definition) is 3. The number of amides is 1. The van der Waals surface area contributed by atoms with Gasteiger partial charge in [-0.05, 0) is 47.5 Å². The molecule has 0 radical (unpaired) electrons. The van der Waals surface area contributed by atoms with Gasteiger partial charge in [0, 0.05) is 10.0 Å². The van der Waals surface area contributed by atoms with Gasteiger partial charge >= 0.3 is 0 Å². The average Bonchev–Trinajstić information content (AvgIpc) is 2.68. The molecule has 0 unspecified atom stereocenters. The number of carbonyl (C=O) groups is 1. The molecule has 27 heavy (non-hydrogen) atoms. The third-order valence-corrected chi connectivity index (χ3v) is 4.15. The number of carbonyl (C=O) groups excluding carboxylic acids is 1. The van der Waals surface area contributed by atoms with E-state index in [9.17, 15) is 4.79 Å². The van der Waals surface area contributed by atoms with E-state index in [1.54, 1.807) is 42.5 Å². The Morgan fingerprint density at radius 2 is 1.74 bits per heavy atom. The minimum atomic E-state index is -0.361. The van der Waals surface area contributed by atoms with Gasteiger partial charge < -0.3 is 4.74 Å². The summed E-state index contributed by atoms with van der Waals surface area (Å²) < 4.78 is 5.79. The first-order valence-electron chi connectivity index (χ1n) is 8.17. The molecule has 0 fully saturated rings. The van der Waals surface area contributed by atoms with Crippen LogP contribution in [0.1, 0.15) is 21.5 Å². The van der Waals surface area contributed by atoms with Gasteiger partial charge in [0.1, 0.15) is 12.4 Å². The number of rotatable bonds is 6. The molecule has 3 aromatic carbocycles. The minimum Gasteiger partial charge on any atom is -0.488 e. The highest BCUT2D eigenvalue weighted by Gasteiger charge is 2.11. The Balaban J connectivity index is 1.65. The Bertz CT molecular complexity index is 956. The second-order valence-electron chi connectivity index (χ2n) is 5.67.